The van der Waals surface area contributed by atoms with Gasteiger partial charge in [-0.2, -0.15) is 13.2 Å². The van der Waals surface area contributed by atoms with Crippen molar-refractivity contribution in [3.05, 3.63) is 117 Å². The lowest BCUT2D eigenvalue weighted by Crippen LogP contribution is -2.54. The highest BCUT2D eigenvalue weighted by Gasteiger charge is 2.45. The SMILES string of the molecule is Cc1c(C#Cc2cnc3ccc(N4CCC(OCCNCCOCCOCCNc5cccc6c5C(=O)N(C5CCC(=O)NC5=O)C6=O)CC4)nn23)cccc1C(=O)Nc1cc(Cl)cc(C(F)(F)F)c1. The number of ether oxygens (including phenoxy) is 3. The summed E-state index contributed by atoms with van der Waals surface area (Å²) in [7, 11) is 0. The predicted molar refractivity (Wildman–Crippen MR) is 252 cm³/mol. The van der Waals surface area contributed by atoms with E-state index in [0.717, 1.165) is 48.8 Å². The zero-order valence-electron chi connectivity index (χ0n) is 38.0. The number of anilines is 3. The molecule has 3 aliphatic rings. The van der Waals surface area contributed by atoms with Gasteiger partial charge in [-0.15, -0.1) is 5.10 Å². The molecule has 0 saturated carbocycles. The molecule has 1 atom stereocenters. The van der Waals surface area contributed by atoms with Gasteiger partial charge in [0.2, 0.25) is 11.8 Å². The lowest BCUT2D eigenvalue weighted by atomic mass is 10.0. The Morgan fingerprint density at radius 2 is 1.64 bits per heavy atom. The number of hydrogen-bond donors (Lipinski definition) is 4. The van der Waals surface area contributed by atoms with E-state index in [9.17, 15) is 37.1 Å². The Hall–Kier alpha value is -6.89. The maximum Gasteiger partial charge on any atom is 0.416 e. The Morgan fingerprint density at radius 3 is 2.41 bits per heavy atom. The van der Waals surface area contributed by atoms with Crippen molar-refractivity contribution in [3.8, 4) is 11.8 Å². The lowest BCUT2D eigenvalue weighted by molar-refractivity contribution is -0.138. The van der Waals surface area contributed by atoms with Crippen molar-refractivity contribution in [2.75, 3.05) is 81.3 Å². The molecule has 21 heteroatoms. The number of alkyl halides is 3. The molecule has 0 spiro atoms. The van der Waals surface area contributed by atoms with E-state index in [1.807, 2.05) is 12.1 Å². The van der Waals surface area contributed by atoms with Crippen molar-refractivity contribution in [2.24, 2.45) is 0 Å². The van der Waals surface area contributed by atoms with Crippen molar-refractivity contribution < 1.29 is 51.4 Å². The van der Waals surface area contributed by atoms with E-state index in [-0.39, 0.29) is 46.3 Å². The van der Waals surface area contributed by atoms with Crippen LogP contribution in [-0.2, 0) is 30.0 Å². The summed E-state index contributed by atoms with van der Waals surface area (Å²) in [4.78, 5) is 71.0. The molecule has 2 fully saturated rings. The van der Waals surface area contributed by atoms with Crippen LogP contribution in [0.3, 0.4) is 0 Å². The number of nitrogens with zero attached hydrogens (tertiary/aromatic N) is 5. The molecule has 5 heterocycles. The number of carbonyl (C=O) groups is 5. The van der Waals surface area contributed by atoms with Gasteiger partial charge in [0, 0.05) is 66.7 Å². The van der Waals surface area contributed by atoms with Crippen LogP contribution in [0.2, 0.25) is 5.02 Å². The van der Waals surface area contributed by atoms with Crippen LogP contribution >= 0.6 is 11.6 Å². The Labute approximate surface area is 405 Å². The van der Waals surface area contributed by atoms with E-state index in [1.165, 1.54) is 6.07 Å². The maximum atomic E-state index is 13.3. The number of fused-ring (bicyclic) bond motifs is 2. The Morgan fingerprint density at radius 1 is 0.886 bits per heavy atom. The molecule has 0 radical (unpaired) electrons. The number of imidazole rings is 1. The highest BCUT2D eigenvalue weighted by Crippen LogP contribution is 2.34. The fourth-order valence-electron chi connectivity index (χ4n) is 8.35. The zero-order chi connectivity index (χ0) is 49.4. The van der Waals surface area contributed by atoms with E-state index in [4.69, 9.17) is 30.9 Å². The fraction of sp³-hybridized carbons (Fsp3) is 0.367. The molecule has 0 aliphatic carbocycles. The van der Waals surface area contributed by atoms with Gasteiger partial charge in [0.15, 0.2) is 5.65 Å². The average Bonchev–Trinajstić information content (AvgIpc) is 3.86. The van der Waals surface area contributed by atoms with Crippen molar-refractivity contribution in [2.45, 2.75) is 50.9 Å². The summed E-state index contributed by atoms with van der Waals surface area (Å²) < 4.78 is 59.1. The van der Waals surface area contributed by atoms with Crippen LogP contribution in [0, 0.1) is 18.8 Å². The van der Waals surface area contributed by atoms with Gasteiger partial charge in [-0.1, -0.05) is 29.7 Å². The molecule has 366 valence electrons. The number of halogens is 4. The van der Waals surface area contributed by atoms with Crippen molar-refractivity contribution in [1.82, 2.24) is 30.1 Å². The average molecular weight is 984 g/mol. The number of imide groups is 2. The van der Waals surface area contributed by atoms with Crippen LogP contribution in [0.5, 0.6) is 0 Å². The van der Waals surface area contributed by atoms with Crippen LogP contribution < -0.4 is 26.2 Å². The van der Waals surface area contributed by atoms with Crippen molar-refractivity contribution in [1.29, 1.82) is 0 Å². The summed E-state index contributed by atoms with van der Waals surface area (Å²) in [5.74, 6) is 4.17. The molecule has 3 aliphatic heterocycles. The van der Waals surface area contributed by atoms with Gasteiger partial charge >= 0.3 is 6.18 Å². The largest absolute Gasteiger partial charge is 0.416 e. The third kappa shape index (κ3) is 11.7. The Kier molecular flexibility index (Phi) is 15.7. The first kappa shape index (κ1) is 49.5. The molecule has 4 N–H and O–H groups in total. The van der Waals surface area contributed by atoms with E-state index < -0.39 is 47.3 Å². The molecular formula is C49H49ClF3N9O8. The molecule has 1 unspecified atom stereocenters. The number of nitrogens with one attached hydrogen (secondary N) is 4. The van der Waals surface area contributed by atoms with Gasteiger partial charge in [0.25, 0.3) is 17.7 Å². The van der Waals surface area contributed by atoms with Gasteiger partial charge in [0.05, 0.1) is 62.0 Å². The Balaban J connectivity index is 0.703. The normalized spacial score (nSPS) is 16.3. The summed E-state index contributed by atoms with van der Waals surface area (Å²) in [5.41, 5.74) is 2.32. The van der Waals surface area contributed by atoms with Crippen LogP contribution in [0.15, 0.2) is 72.9 Å². The van der Waals surface area contributed by atoms with Crippen molar-refractivity contribution in [3.63, 3.8) is 0 Å². The van der Waals surface area contributed by atoms with Crippen LogP contribution in [0.25, 0.3) is 5.65 Å². The van der Waals surface area contributed by atoms with E-state index in [0.29, 0.717) is 80.8 Å². The van der Waals surface area contributed by atoms with E-state index in [1.54, 1.807) is 54.0 Å². The third-order valence-corrected chi connectivity index (χ3v) is 12.2. The lowest BCUT2D eigenvalue weighted by Gasteiger charge is -2.32. The summed E-state index contributed by atoms with van der Waals surface area (Å²) in [6.07, 6.45) is -1.10. The second kappa shape index (κ2) is 22.2. The van der Waals surface area contributed by atoms with Crippen LogP contribution in [0.1, 0.15) is 79.1 Å². The summed E-state index contributed by atoms with van der Waals surface area (Å²) >= 11 is 5.90. The van der Waals surface area contributed by atoms with Gasteiger partial charge < -0.3 is 35.1 Å². The van der Waals surface area contributed by atoms with E-state index in [2.05, 4.69) is 43.0 Å². The maximum absolute atomic E-state index is 13.3. The number of benzene rings is 3. The first-order valence-corrected chi connectivity index (χ1v) is 23.1. The topological polar surface area (TPSA) is 198 Å². The second-order valence-corrected chi connectivity index (χ2v) is 17.1. The minimum Gasteiger partial charge on any atom is -0.382 e. The zero-order valence-corrected chi connectivity index (χ0v) is 38.8. The minimum absolute atomic E-state index is 0.0516. The number of hydrogen-bond acceptors (Lipinski definition) is 13. The van der Waals surface area contributed by atoms with Gasteiger partial charge in [0.1, 0.15) is 17.6 Å². The molecule has 17 nitrogen and oxygen atoms in total. The number of amides is 5. The number of piperidine rings is 2. The fourth-order valence-corrected chi connectivity index (χ4v) is 8.59. The molecule has 3 aromatic carbocycles. The van der Waals surface area contributed by atoms with Crippen LogP contribution in [-0.4, -0.2) is 127 Å². The molecule has 5 aromatic rings. The number of rotatable bonds is 18. The minimum atomic E-state index is -4.63. The molecule has 70 heavy (non-hydrogen) atoms. The molecule has 8 rings (SSSR count). The summed E-state index contributed by atoms with van der Waals surface area (Å²) in [6.45, 7) is 7.04. The van der Waals surface area contributed by atoms with Gasteiger partial charge in [-0.25, -0.2) is 9.50 Å². The monoisotopic (exact) mass is 983 g/mol. The van der Waals surface area contributed by atoms with Crippen molar-refractivity contribution >= 4 is 64.0 Å². The van der Waals surface area contributed by atoms with Gasteiger partial charge in [-0.3, -0.25) is 34.2 Å². The van der Waals surface area contributed by atoms with Gasteiger partial charge in [-0.05, 0) is 92.3 Å². The molecule has 2 saturated heterocycles. The number of aromatic nitrogens is 3. The molecule has 5 amide bonds. The molecular weight excluding hydrogens is 935 g/mol. The molecule has 0 bridgehead atoms. The first-order chi connectivity index (χ1) is 33.7. The predicted octanol–water partition coefficient (Wildman–Crippen LogP) is 5.48. The summed E-state index contributed by atoms with van der Waals surface area (Å²) in [5, 5.41) is 15.9. The highest BCUT2D eigenvalue weighted by atomic mass is 35.5. The second-order valence-electron chi connectivity index (χ2n) is 16.6. The van der Waals surface area contributed by atoms with E-state index >= 15 is 0 Å². The van der Waals surface area contributed by atoms with Crippen LogP contribution in [0.4, 0.5) is 30.4 Å². The standard InChI is InChI=1S/C49H49ClF3N9O8/c1-30-31(4-2-5-37(30)45(64)57-34-27-32(49(51,52)53)26-33(50)28-34)8-9-35-29-56-41-11-12-42(59-62(35)41)60-19-14-36(15-20-60)70-23-17-54-16-21-68-24-25-69-22-18-55-39-7-3-6-38-44(39)48(67)61(47(38)66)40-10-13-43(63)58-46(40)65/h2-7,11-12,26-29,36,40,54-55H,10,13-25H2,1H3,(H,57,64)(H,58,63,65). The quantitative estimate of drug-likeness (QED) is 0.0490. The summed E-state index contributed by atoms with van der Waals surface area (Å²) in [6, 6.07) is 15.5. The smallest absolute Gasteiger partial charge is 0.382 e. The highest BCUT2D eigenvalue weighted by molar-refractivity contribution is 6.31. The molecule has 2 aromatic heterocycles. The Bertz CT molecular complexity index is 2860. The third-order valence-electron chi connectivity index (χ3n) is 12.0. The number of carbonyl (C=O) groups excluding carboxylic acids is 5. The first-order valence-electron chi connectivity index (χ1n) is 22.7.